The number of carbonyl (C=O) groups excluding carboxylic acids is 1. The molecule has 0 saturated carbocycles. The summed E-state index contributed by atoms with van der Waals surface area (Å²) in [5.74, 6) is 0.680. The van der Waals surface area contributed by atoms with Gasteiger partial charge in [-0.3, -0.25) is 4.79 Å². The molecule has 0 aliphatic carbocycles. The first-order chi connectivity index (χ1) is 11.3. The molecule has 116 valence electrons. The van der Waals surface area contributed by atoms with Crippen LogP contribution in [-0.4, -0.2) is 21.9 Å². The molecule has 0 N–H and O–H groups in total. The number of hydrogen-bond acceptors (Lipinski definition) is 6. The lowest BCUT2D eigenvalue weighted by molar-refractivity contribution is -0.142. The number of ether oxygens (including phenoxy) is 1. The van der Waals surface area contributed by atoms with E-state index >= 15 is 0 Å². The quantitative estimate of drug-likeness (QED) is 0.509. The van der Waals surface area contributed by atoms with Gasteiger partial charge in [0.1, 0.15) is 0 Å². The van der Waals surface area contributed by atoms with Crippen molar-refractivity contribution in [3.05, 3.63) is 66.6 Å². The van der Waals surface area contributed by atoms with Crippen LogP contribution in [0.2, 0.25) is 0 Å². The predicted octanol–water partition coefficient (Wildman–Crippen LogP) is 3.57. The molecule has 1 aromatic heterocycles. The first-order valence-electron chi connectivity index (χ1n) is 7.03. The fraction of sp³-hybridized carbons (Fsp3) is 0.118. The highest BCUT2D eigenvalue weighted by Crippen LogP contribution is 2.18. The van der Waals surface area contributed by atoms with Gasteiger partial charge in [0.15, 0.2) is 6.61 Å². The van der Waals surface area contributed by atoms with E-state index < -0.39 is 0 Å². The molecule has 0 saturated heterocycles. The number of thioether (sulfide) groups is 1. The second-order valence-corrected chi connectivity index (χ2v) is 5.69. The summed E-state index contributed by atoms with van der Waals surface area (Å²) in [5, 5.41) is 3.88. The van der Waals surface area contributed by atoms with E-state index in [-0.39, 0.29) is 24.2 Å². The maximum atomic E-state index is 11.7. The molecule has 1 heterocycles. The van der Waals surface area contributed by atoms with E-state index in [1.165, 1.54) is 11.8 Å². The minimum atomic E-state index is -0.321. The Bertz CT molecular complexity index is 760. The molecule has 0 aliphatic heterocycles. The van der Waals surface area contributed by atoms with Crippen LogP contribution in [0.25, 0.3) is 11.4 Å². The van der Waals surface area contributed by atoms with Crippen LogP contribution in [0, 0.1) is 0 Å². The SMILES string of the molecule is O=C(CSc1ccccc1)OCc1nc(-c2ccccc2)no1. The van der Waals surface area contributed by atoms with Gasteiger partial charge in [0.05, 0.1) is 5.75 Å². The minimum absolute atomic E-state index is 0.0198. The highest BCUT2D eigenvalue weighted by atomic mass is 32.2. The van der Waals surface area contributed by atoms with Gasteiger partial charge in [0.2, 0.25) is 5.82 Å². The average Bonchev–Trinajstić information content (AvgIpc) is 3.09. The number of esters is 1. The molecule has 0 bridgehead atoms. The molecule has 0 unspecified atom stereocenters. The number of nitrogens with zero attached hydrogens (tertiary/aromatic N) is 2. The molecule has 0 amide bonds. The Morgan fingerprint density at radius 3 is 2.48 bits per heavy atom. The molecule has 2 aromatic carbocycles. The van der Waals surface area contributed by atoms with E-state index in [0.29, 0.717) is 5.82 Å². The van der Waals surface area contributed by atoms with Crippen molar-refractivity contribution in [3.8, 4) is 11.4 Å². The molecule has 0 fully saturated rings. The fourth-order valence-electron chi connectivity index (χ4n) is 1.86. The number of rotatable bonds is 6. The molecule has 23 heavy (non-hydrogen) atoms. The fourth-order valence-corrected chi connectivity index (χ4v) is 2.58. The second-order valence-electron chi connectivity index (χ2n) is 4.64. The van der Waals surface area contributed by atoms with Gasteiger partial charge >= 0.3 is 5.97 Å². The predicted molar refractivity (Wildman–Crippen MR) is 86.7 cm³/mol. The molecule has 5 nitrogen and oxygen atoms in total. The van der Waals surface area contributed by atoms with Crippen molar-refractivity contribution < 1.29 is 14.1 Å². The summed E-state index contributed by atoms with van der Waals surface area (Å²) in [6.45, 7) is -0.0198. The Morgan fingerprint density at radius 2 is 1.74 bits per heavy atom. The maximum Gasteiger partial charge on any atom is 0.316 e. The third-order valence-electron chi connectivity index (χ3n) is 2.96. The van der Waals surface area contributed by atoms with Crippen LogP contribution < -0.4 is 0 Å². The van der Waals surface area contributed by atoms with Crippen molar-refractivity contribution in [1.82, 2.24) is 10.1 Å². The van der Waals surface area contributed by atoms with E-state index in [1.807, 2.05) is 60.7 Å². The van der Waals surface area contributed by atoms with Crippen LogP contribution in [0.4, 0.5) is 0 Å². The standard InChI is InChI=1S/C17H14N2O3S/c20-16(12-23-14-9-5-2-6-10-14)21-11-15-18-17(19-22-15)13-7-3-1-4-8-13/h1-10H,11-12H2. The van der Waals surface area contributed by atoms with Crippen LogP contribution in [0.15, 0.2) is 70.1 Å². The smallest absolute Gasteiger partial charge is 0.316 e. The topological polar surface area (TPSA) is 65.2 Å². The lowest BCUT2D eigenvalue weighted by Crippen LogP contribution is -2.07. The van der Waals surface area contributed by atoms with Gasteiger partial charge in [0, 0.05) is 10.5 Å². The average molecular weight is 326 g/mol. The molecule has 6 heteroatoms. The van der Waals surface area contributed by atoms with E-state index in [0.717, 1.165) is 10.5 Å². The molecule has 0 radical (unpaired) electrons. The van der Waals surface area contributed by atoms with E-state index in [1.54, 1.807) is 0 Å². The Balaban J connectivity index is 1.49. The maximum absolute atomic E-state index is 11.7. The highest BCUT2D eigenvalue weighted by molar-refractivity contribution is 8.00. The van der Waals surface area contributed by atoms with Gasteiger partial charge in [-0.2, -0.15) is 4.98 Å². The van der Waals surface area contributed by atoms with Crippen LogP contribution in [0.1, 0.15) is 5.89 Å². The van der Waals surface area contributed by atoms with Crippen molar-refractivity contribution in [2.24, 2.45) is 0 Å². The van der Waals surface area contributed by atoms with Crippen LogP contribution >= 0.6 is 11.8 Å². The lowest BCUT2D eigenvalue weighted by Gasteiger charge is -2.01. The van der Waals surface area contributed by atoms with Crippen molar-refractivity contribution in [1.29, 1.82) is 0 Å². The Hall–Kier alpha value is -2.60. The minimum Gasteiger partial charge on any atom is -0.455 e. The van der Waals surface area contributed by atoms with Crippen LogP contribution in [0.3, 0.4) is 0 Å². The zero-order valence-electron chi connectivity index (χ0n) is 12.2. The zero-order chi connectivity index (χ0) is 15.9. The van der Waals surface area contributed by atoms with Crippen molar-refractivity contribution in [3.63, 3.8) is 0 Å². The first-order valence-corrected chi connectivity index (χ1v) is 8.01. The van der Waals surface area contributed by atoms with E-state index in [9.17, 15) is 4.79 Å². The molecule has 0 spiro atoms. The van der Waals surface area contributed by atoms with Gasteiger partial charge in [-0.1, -0.05) is 53.7 Å². The highest BCUT2D eigenvalue weighted by Gasteiger charge is 2.11. The van der Waals surface area contributed by atoms with Crippen molar-refractivity contribution in [2.45, 2.75) is 11.5 Å². The first kappa shape index (κ1) is 15.3. The summed E-state index contributed by atoms with van der Waals surface area (Å²) in [5.41, 5.74) is 0.855. The third-order valence-corrected chi connectivity index (χ3v) is 3.94. The summed E-state index contributed by atoms with van der Waals surface area (Å²) in [7, 11) is 0. The van der Waals surface area contributed by atoms with Crippen LogP contribution in [-0.2, 0) is 16.1 Å². The van der Waals surface area contributed by atoms with Gasteiger partial charge in [-0.15, -0.1) is 11.8 Å². The lowest BCUT2D eigenvalue weighted by atomic mass is 10.2. The third kappa shape index (κ3) is 4.43. The van der Waals surface area contributed by atoms with E-state index in [2.05, 4.69) is 10.1 Å². The number of benzene rings is 2. The normalized spacial score (nSPS) is 10.4. The molecular formula is C17H14N2O3S. The van der Waals surface area contributed by atoms with Gasteiger partial charge in [0.25, 0.3) is 5.89 Å². The molecule has 0 aliphatic rings. The van der Waals surface area contributed by atoms with Gasteiger partial charge in [-0.05, 0) is 12.1 Å². The zero-order valence-corrected chi connectivity index (χ0v) is 13.0. The monoisotopic (exact) mass is 326 g/mol. The Morgan fingerprint density at radius 1 is 1.04 bits per heavy atom. The summed E-state index contributed by atoms with van der Waals surface area (Å²) < 4.78 is 10.2. The summed E-state index contributed by atoms with van der Waals surface area (Å²) >= 11 is 1.42. The summed E-state index contributed by atoms with van der Waals surface area (Å²) in [6, 6.07) is 19.2. The van der Waals surface area contributed by atoms with E-state index in [4.69, 9.17) is 9.26 Å². The Labute approximate surface area is 137 Å². The molecule has 0 atom stereocenters. The molecule has 3 rings (SSSR count). The van der Waals surface area contributed by atoms with Gasteiger partial charge < -0.3 is 9.26 Å². The van der Waals surface area contributed by atoms with Crippen LogP contribution in [0.5, 0.6) is 0 Å². The summed E-state index contributed by atoms with van der Waals surface area (Å²) in [6.07, 6.45) is 0. The molecular weight excluding hydrogens is 312 g/mol. The van der Waals surface area contributed by atoms with Crippen molar-refractivity contribution in [2.75, 3.05) is 5.75 Å². The van der Waals surface area contributed by atoms with Gasteiger partial charge in [-0.25, -0.2) is 0 Å². The Kier molecular flexibility index (Phi) is 5.06. The summed E-state index contributed by atoms with van der Waals surface area (Å²) in [4.78, 5) is 17.0. The number of carbonyl (C=O) groups is 1. The molecule has 3 aromatic rings. The largest absolute Gasteiger partial charge is 0.455 e. The number of aromatic nitrogens is 2. The second kappa shape index (κ2) is 7.60. The van der Waals surface area contributed by atoms with Crippen molar-refractivity contribution >= 4 is 17.7 Å². The number of hydrogen-bond donors (Lipinski definition) is 0.